The van der Waals surface area contributed by atoms with E-state index in [0.29, 0.717) is 0 Å². The topological polar surface area (TPSA) is 52.8 Å². The first kappa shape index (κ1) is 22.3. The van der Waals surface area contributed by atoms with E-state index in [0.717, 1.165) is 99.2 Å². The second-order valence-corrected chi connectivity index (χ2v) is 10.5. The maximum absolute atomic E-state index is 10.6. The van der Waals surface area contributed by atoms with Crippen molar-refractivity contribution in [2.45, 2.75) is 32.1 Å². The van der Waals surface area contributed by atoms with Gasteiger partial charge in [-0.1, -0.05) is 41.9 Å². The third-order valence-electron chi connectivity index (χ3n) is 7.90. The molecule has 0 N–H and O–H groups in total. The number of hydrogen-bond donors (Lipinski definition) is 0. The van der Waals surface area contributed by atoms with Gasteiger partial charge in [0.25, 0.3) is 0 Å². The van der Waals surface area contributed by atoms with Crippen LogP contribution in [0.1, 0.15) is 36.1 Å². The molecule has 0 spiro atoms. The van der Waals surface area contributed by atoms with Crippen molar-refractivity contribution in [2.24, 2.45) is 0 Å². The lowest BCUT2D eigenvalue weighted by Crippen LogP contribution is -2.30. The fourth-order valence-corrected chi connectivity index (χ4v) is 6.24. The van der Waals surface area contributed by atoms with Crippen LogP contribution in [-0.4, -0.2) is 23.1 Å². The molecule has 0 radical (unpaired) electrons. The average molecular weight is 501 g/mol. The summed E-state index contributed by atoms with van der Waals surface area (Å²) in [5.74, 6) is 0. The minimum absolute atomic E-state index is 0.726. The molecule has 0 amide bonds. The number of hydrogen-bond acceptors (Lipinski definition) is 4. The first-order valence-electron chi connectivity index (χ1n) is 13.0. The first-order valence-corrected chi connectivity index (χ1v) is 13.4. The molecule has 4 nitrogen and oxygen atoms in total. The minimum Gasteiger partial charge on any atom is -0.370 e. The lowest BCUT2D eigenvalue weighted by Gasteiger charge is -2.33. The SMILES string of the molecule is N#Cc1c(N2CCCCC2)cc(-c2ccc(Cl)cc2)c2c1-c1cc3ccc4cccnc4c3nc1CC2. The van der Waals surface area contributed by atoms with Crippen LogP contribution in [-0.2, 0) is 12.8 Å². The molecule has 1 fully saturated rings. The van der Waals surface area contributed by atoms with Gasteiger partial charge in [-0.2, -0.15) is 5.26 Å². The monoisotopic (exact) mass is 500 g/mol. The lowest BCUT2D eigenvalue weighted by molar-refractivity contribution is 0.577. The van der Waals surface area contributed by atoms with E-state index >= 15 is 0 Å². The van der Waals surface area contributed by atoms with Crippen molar-refractivity contribution in [2.75, 3.05) is 18.0 Å². The Labute approximate surface area is 221 Å². The average Bonchev–Trinajstić information content (AvgIpc) is 2.96. The summed E-state index contributed by atoms with van der Waals surface area (Å²) in [6.45, 7) is 1.96. The molecule has 1 aliphatic carbocycles. The number of anilines is 1. The van der Waals surface area contributed by atoms with Crippen molar-refractivity contribution in [1.29, 1.82) is 5.26 Å². The highest BCUT2D eigenvalue weighted by molar-refractivity contribution is 6.30. The van der Waals surface area contributed by atoms with E-state index in [2.05, 4.69) is 58.4 Å². The molecule has 1 aliphatic heterocycles. The fraction of sp³-hybridized carbons (Fsp3) is 0.219. The van der Waals surface area contributed by atoms with Crippen LogP contribution in [0.25, 0.3) is 44.1 Å². The third kappa shape index (κ3) is 3.65. The summed E-state index contributed by atoms with van der Waals surface area (Å²) in [7, 11) is 0. The van der Waals surface area contributed by atoms with E-state index in [1.165, 1.54) is 17.5 Å². The summed E-state index contributed by atoms with van der Waals surface area (Å²) < 4.78 is 0. The molecule has 1 saturated heterocycles. The number of nitrogens with zero attached hydrogens (tertiary/aromatic N) is 4. The van der Waals surface area contributed by atoms with Crippen LogP contribution in [0.2, 0.25) is 5.02 Å². The van der Waals surface area contributed by atoms with Crippen molar-refractivity contribution in [3.8, 4) is 28.3 Å². The van der Waals surface area contributed by atoms with Gasteiger partial charge in [-0.25, -0.2) is 4.98 Å². The van der Waals surface area contributed by atoms with Crippen molar-refractivity contribution in [3.05, 3.63) is 88.7 Å². The number of benzene rings is 3. The molecule has 180 valence electrons. The van der Waals surface area contributed by atoms with Gasteiger partial charge >= 0.3 is 0 Å². The summed E-state index contributed by atoms with van der Waals surface area (Å²) >= 11 is 6.24. The summed E-state index contributed by atoms with van der Waals surface area (Å²) in [5.41, 5.74) is 10.4. The highest BCUT2D eigenvalue weighted by atomic mass is 35.5. The van der Waals surface area contributed by atoms with Gasteiger partial charge in [-0.3, -0.25) is 4.98 Å². The zero-order valence-electron chi connectivity index (χ0n) is 20.5. The van der Waals surface area contributed by atoms with Gasteiger partial charge < -0.3 is 4.90 Å². The van der Waals surface area contributed by atoms with Crippen LogP contribution < -0.4 is 4.90 Å². The minimum atomic E-state index is 0.726. The van der Waals surface area contributed by atoms with Gasteiger partial charge in [0, 0.05) is 51.9 Å². The van der Waals surface area contributed by atoms with Crippen LogP contribution in [0.3, 0.4) is 0 Å². The van der Waals surface area contributed by atoms with E-state index in [1.54, 1.807) is 0 Å². The van der Waals surface area contributed by atoms with Crippen molar-refractivity contribution < 1.29 is 0 Å². The van der Waals surface area contributed by atoms with Gasteiger partial charge in [0.15, 0.2) is 0 Å². The van der Waals surface area contributed by atoms with E-state index in [-0.39, 0.29) is 0 Å². The first-order chi connectivity index (χ1) is 18.2. The van der Waals surface area contributed by atoms with E-state index in [4.69, 9.17) is 16.6 Å². The summed E-state index contributed by atoms with van der Waals surface area (Å²) in [6, 6.07) is 23.5. The standard InChI is InChI=1S/C32H25ClN4/c33-23-10-8-20(9-11-23)25-18-29(37-15-2-1-3-16-37)27(19-34)30-24(25)12-13-28-26(30)17-22-7-6-21-5-4-14-35-31(21)32(22)36-28/h4-11,14,17-18H,1-3,12-13,15-16H2. The smallest absolute Gasteiger partial charge is 0.102 e. The number of rotatable bonds is 2. The van der Waals surface area contributed by atoms with Crippen LogP contribution >= 0.6 is 11.6 Å². The number of aryl methyl sites for hydroxylation is 1. The molecule has 0 unspecified atom stereocenters. The molecule has 0 atom stereocenters. The zero-order valence-corrected chi connectivity index (χ0v) is 21.2. The Balaban J connectivity index is 1.53. The van der Waals surface area contributed by atoms with Crippen LogP contribution in [0.15, 0.2) is 66.9 Å². The number of fused-ring (bicyclic) bond motifs is 6. The molecule has 2 aromatic heterocycles. The molecule has 5 aromatic rings. The van der Waals surface area contributed by atoms with Crippen LogP contribution in [0.4, 0.5) is 5.69 Å². The fourth-order valence-electron chi connectivity index (χ4n) is 6.11. The van der Waals surface area contributed by atoms with Gasteiger partial charge in [0.1, 0.15) is 6.07 Å². The normalized spacial score (nSPS) is 14.9. The molecule has 37 heavy (non-hydrogen) atoms. The number of pyridine rings is 2. The Morgan fingerprint density at radius 2 is 1.65 bits per heavy atom. The molecule has 0 saturated carbocycles. The second kappa shape index (κ2) is 8.87. The van der Waals surface area contributed by atoms with Crippen LogP contribution in [0.5, 0.6) is 0 Å². The number of nitriles is 1. The second-order valence-electron chi connectivity index (χ2n) is 10.0. The van der Waals surface area contributed by atoms with E-state index in [9.17, 15) is 5.26 Å². The summed E-state index contributed by atoms with van der Waals surface area (Å²) in [6.07, 6.45) is 7.05. The highest BCUT2D eigenvalue weighted by Crippen LogP contribution is 2.46. The molecule has 5 heteroatoms. The zero-order chi connectivity index (χ0) is 24.9. The largest absolute Gasteiger partial charge is 0.370 e. The maximum atomic E-state index is 10.6. The Bertz CT molecular complexity index is 1730. The third-order valence-corrected chi connectivity index (χ3v) is 8.15. The van der Waals surface area contributed by atoms with E-state index < -0.39 is 0 Å². The predicted octanol–water partition coefficient (Wildman–Crippen LogP) is 7.73. The van der Waals surface area contributed by atoms with Crippen molar-refractivity contribution in [3.63, 3.8) is 0 Å². The number of halogens is 1. The Hall–Kier alpha value is -3.94. The molecule has 0 bridgehead atoms. The number of piperidine rings is 1. The van der Waals surface area contributed by atoms with Gasteiger partial charge in [0.05, 0.1) is 22.3 Å². The predicted molar refractivity (Wildman–Crippen MR) is 151 cm³/mol. The van der Waals surface area contributed by atoms with Gasteiger partial charge in [0.2, 0.25) is 0 Å². The molecule has 3 heterocycles. The molecular formula is C32H25ClN4. The lowest BCUT2D eigenvalue weighted by atomic mass is 9.80. The Morgan fingerprint density at radius 3 is 2.46 bits per heavy atom. The van der Waals surface area contributed by atoms with Crippen molar-refractivity contribution in [1.82, 2.24) is 9.97 Å². The quantitative estimate of drug-likeness (QED) is 0.233. The molecule has 7 rings (SSSR count). The highest BCUT2D eigenvalue weighted by Gasteiger charge is 2.29. The summed E-state index contributed by atoms with van der Waals surface area (Å²) in [5, 5.41) is 13.4. The van der Waals surface area contributed by atoms with Crippen molar-refractivity contribution >= 4 is 39.1 Å². The Kier molecular flexibility index (Phi) is 5.34. The van der Waals surface area contributed by atoms with Crippen LogP contribution in [0, 0.1) is 11.3 Å². The number of aromatic nitrogens is 2. The molecule has 3 aromatic carbocycles. The maximum Gasteiger partial charge on any atom is 0.102 e. The van der Waals surface area contributed by atoms with E-state index in [1.807, 2.05) is 24.4 Å². The summed E-state index contributed by atoms with van der Waals surface area (Å²) in [4.78, 5) is 12.2. The molecule has 2 aliphatic rings. The van der Waals surface area contributed by atoms with Gasteiger partial charge in [-0.05, 0) is 79.1 Å². The molecular weight excluding hydrogens is 476 g/mol. The van der Waals surface area contributed by atoms with Gasteiger partial charge in [-0.15, -0.1) is 0 Å². The Morgan fingerprint density at radius 1 is 0.838 bits per heavy atom.